The van der Waals surface area contributed by atoms with E-state index in [0.29, 0.717) is 5.88 Å². The van der Waals surface area contributed by atoms with Crippen LogP contribution in [0.3, 0.4) is 0 Å². The van der Waals surface area contributed by atoms with Gasteiger partial charge in [0, 0.05) is 15.1 Å². The zero-order valence-electron chi connectivity index (χ0n) is 7.26. The molecule has 1 aromatic heterocycles. The zero-order chi connectivity index (χ0) is 10.1. The van der Waals surface area contributed by atoms with Gasteiger partial charge in [-0.1, -0.05) is 0 Å². The number of rotatable bonds is 2. The standard InChI is InChI=1S/C10H8BrClOS/c11-9-2-6(3-12)1-8-7(4-13)5-14-10(8)9/h1-2,5,13H,3-4H2. The molecule has 4 heteroatoms. The number of aliphatic hydroxyl groups excluding tert-OH is 1. The molecule has 1 heterocycles. The van der Waals surface area contributed by atoms with E-state index in [0.717, 1.165) is 21.0 Å². The van der Waals surface area contributed by atoms with Crippen LogP contribution in [0.15, 0.2) is 22.0 Å². The summed E-state index contributed by atoms with van der Waals surface area (Å²) in [6.45, 7) is 0.0815. The molecule has 0 fully saturated rings. The van der Waals surface area contributed by atoms with Gasteiger partial charge < -0.3 is 5.11 Å². The number of hydrogen-bond donors (Lipinski definition) is 1. The molecule has 0 aliphatic rings. The van der Waals surface area contributed by atoms with Gasteiger partial charge >= 0.3 is 0 Å². The van der Waals surface area contributed by atoms with E-state index in [1.54, 1.807) is 11.3 Å². The van der Waals surface area contributed by atoms with Crippen molar-refractivity contribution in [1.82, 2.24) is 0 Å². The van der Waals surface area contributed by atoms with Crippen molar-refractivity contribution < 1.29 is 5.11 Å². The molecule has 2 aromatic rings. The van der Waals surface area contributed by atoms with Crippen molar-refractivity contribution in [2.75, 3.05) is 0 Å². The topological polar surface area (TPSA) is 20.2 Å². The van der Waals surface area contributed by atoms with Crippen molar-refractivity contribution >= 4 is 49.0 Å². The van der Waals surface area contributed by atoms with E-state index in [4.69, 9.17) is 16.7 Å². The minimum absolute atomic E-state index is 0.0815. The van der Waals surface area contributed by atoms with Gasteiger partial charge in [0.15, 0.2) is 0 Å². The Labute approximate surface area is 99.4 Å². The molecule has 0 saturated heterocycles. The van der Waals surface area contributed by atoms with Crippen LogP contribution < -0.4 is 0 Å². The fourth-order valence-corrected chi connectivity index (χ4v) is 3.29. The first-order valence-electron chi connectivity index (χ1n) is 4.11. The Balaban J connectivity index is 2.73. The van der Waals surface area contributed by atoms with Gasteiger partial charge in [-0.2, -0.15) is 0 Å². The lowest BCUT2D eigenvalue weighted by Gasteiger charge is -2.00. The molecule has 14 heavy (non-hydrogen) atoms. The number of hydrogen-bond acceptors (Lipinski definition) is 2. The lowest BCUT2D eigenvalue weighted by molar-refractivity contribution is 0.284. The molecule has 0 spiro atoms. The molecular formula is C10H8BrClOS. The zero-order valence-corrected chi connectivity index (χ0v) is 10.4. The molecule has 0 unspecified atom stereocenters. The summed E-state index contributed by atoms with van der Waals surface area (Å²) in [7, 11) is 0. The van der Waals surface area contributed by atoms with Crippen LogP contribution in [0.5, 0.6) is 0 Å². The number of fused-ring (bicyclic) bond motifs is 1. The van der Waals surface area contributed by atoms with E-state index in [2.05, 4.69) is 15.9 Å². The quantitative estimate of drug-likeness (QED) is 0.832. The molecule has 0 aliphatic heterocycles. The number of aliphatic hydroxyl groups is 1. The summed E-state index contributed by atoms with van der Waals surface area (Å²) in [6, 6.07) is 4.06. The molecule has 1 aromatic carbocycles. The third-order valence-electron chi connectivity index (χ3n) is 2.09. The Morgan fingerprint density at radius 2 is 2.21 bits per heavy atom. The number of thiophene rings is 1. The average molecular weight is 292 g/mol. The molecule has 1 nitrogen and oxygen atoms in total. The highest BCUT2D eigenvalue weighted by atomic mass is 79.9. The minimum atomic E-state index is 0.0815. The molecule has 0 amide bonds. The Morgan fingerprint density at radius 3 is 2.86 bits per heavy atom. The lowest BCUT2D eigenvalue weighted by atomic mass is 10.1. The molecule has 0 atom stereocenters. The van der Waals surface area contributed by atoms with Crippen molar-refractivity contribution in [1.29, 1.82) is 0 Å². The summed E-state index contributed by atoms with van der Waals surface area (Å²) >= 11 is 10.9. The van der Waals surface area contributed by atoms with Crippen LogP contribution in [-0.2, 0) is 12.5 Å². The van der Waals surface area contributed by atoms with Gasteiger partial charge in [0.05, 0.1) is 6.61 Å². The predicted molar refractivity (Wildman–Crippen MR) is 65.0 cm³/mol. The van der Waals surface area contributed by atoms with Crippen LogP contribution >= 0.6 is 38.9 Å². The number of halogens is 2. The second-order valence-corrected chi connectivity index (χ2v) is 5.01. The molecule has 0 saturated carbocycles. The summed E-state index contributed by atoms with van der Waals surface area (Å²) in [4.78, 5) is 0. The lowest BCUT2D eigenvalue weighted by Crippen LogP contribution is -1.82. The maximum absolute atomic E-state index is 9.14. The second kappa shape index (κ2) is 4.19. The highest BCUT2D eigenvalue weighted by molar-refractivity contribution is 9.10. The average Bonchev–Trinajstić information content (AvgIpc) is 2.61. The van der Waals surface area contributed by atoms with Crippen LogP contribution in [0.1, 0.15) is 11.1 Å². The van der Waals surface area contributed by atoms with Crippen molar-refractivity contribution in [2.24, 2.45) is 0 Å². The summed E-state index contributed by atoms with van der Waals surface area (Å²) in [5, 5.41) is 12.2. The van der Waals surface area contributed by atoms with Gasteiger partial charge in [0.25, 0.3) is 0 Å². The van der Waals surface area contributed by atoms with Crippen LogP contribution in [0, 0.1) is 0 Å². The van der Waals surface area contributed by atoms with Gasteiger partial charge in [-0.3, -0.25) is 0 Å². The van der Waals surface area contributed by atoms with Crippen molar-refractivity contribution in [3.63, 3.8) is 0 Å². The monoisotopic (exact) mass is 290 g/mol. The third kappa shape index (κ3) is 1.70. The number of alkyl halides is 1. The van der Waals surface area contributed by atoms with E-state index < -0.39 is 0 Å². The summed E-state index contributed by atoms with van der Waals surface area (Å²) in [5.74, 6) is 0.495. The Bertz CT molecular complexity index is 466. The Morgan fingerprint density at radius 1 is 1.43 bits per heavy atom. The van der Waals surface area contributed by atoms with E-state index >= 15 is 0 Å². The molecule has 2 rings (SSSR count). The summed E-state index contributed by atoms with van der Waals surface area (Å²) < 4.78 is 2.22. The summed E-state index contributed by atoms with van der Waals surface area (Å²) in [6.07, 6.45) is 0. The normalized spacial score (nSPS) is 11.1. The summed E-state index contributed by atoms with van der Waals surface area (Å²) in [5.41, 5.74) is 2.04. The Hall–Kier alpha value is -0.0900. The van der Waals surface area contributed by atoms with Crippen LogP contribution in [0.25, 0.3) is 10.1 Å². The van der Waals surface area contributed by atoms with Crippen molar-refractivity contribution in [3.8, 4) is 0 Å². The smallest absolute Gasteiger partial charge is 0.0696 e. The van der Waals surface area contributed by atoms with Crippen LogP contribution in [-0.4, -0.2) is 5.11 Å². The van der Waals surface area contributed by atoms with Crippen molar-refractivity contribution in [2.45, 2.75) is 12.5 Å². The van der Waals surface area contributed by atoms with Gasteiger partial charge in [0.2, 0.25) is 0 Å². The van der Waals surface area contributed by atoms with Gasteiger partial charge in [-0.05, 0) is 50.0 Å². The molecule has 0 bridgehead atoms. The van der Waals surface area contributed by atoms with Crippen molar-refractivity contribution in [3.05, 3.63) is 33.1 Å². The maximum atomic E-state index is 9.14. The van der Waals surface area contributed by atoms with Crippen LogP contribution in [0.2, 0.25) is 0 Å². The van der Waals surface area contributed by atoms with E-state index in [1.165, 1.54) is 4.70 Å². The van der Waals surface area contributed by atoms with E-state index in [9.17, 15) is 0 Å². The fourth-order valence-electron chi connectivity index (χ4n) is 1.40. The second-order valence-electron chi connectivity index (χ2n) is 3.01. The van der Waals surface area contributed by atoms with Gasteiger partial charge in [-0.25, -0.2) is 0 Å². The highest BCUT2D eigenvalue weighted by Crippen LogP contribution is 2.34. The maximum Gasteiger partial charge on any atom is 0.0696 e. The van der Waals surface area contributed by atoms with E-state index in [-0.39, 0.29) is 6.61 Å². The largest absolute Gasteiger partial charge is 0.392 e. The predicted octanol–water partition coefficient (Wildman–Crippen LogP) is 3.89. The molecule has 0 radical (unpaired) electrons. The first-order chi connectivity index (χ1) is 6.76. The van der Waals surface area contributed by atoms with Gasteiger partial charge in [0.1, 0.15) is 0 Å². The number of benzene rings is 1. The van der Waals surface area contributed by atoms with Crippen LogP contribution in [0.4, 0.5) is 0 Å². The molecule has 1 N–H and O–H groups in total. The first-order valence-corrected chi connectivity index (χ1v) is 6.32. The highest BCUT2D eigenvalue weighted by Gasteiger charge is 2.07. The third-order valence-corrected chi connectivity index (χ3v) is 4.37. The molecule has 74 valence electrons. The van der Waals surface area contributed by atoms with E-state index in [1.807, 2.05) is 17.5 Å². The SMILES string of the molecule is OCc1csc2c(Br)cc(CCl)cc12. The Kier molecular flexibility index (Phi) is 3.12. The first kappa shape index (κ1) is 10.4. The van der Waals surface area contributed by atoms with Gasteiger partial charge in [-0.15, -0.1) is 22.9 Å². The fraction of sp³-hybridized carbons (Fsp3) is 0.200. The minimum Gasteiger partial charge on any atom is -0.392 e. The molecule has 0 aliphatic carbocycles. The molecular weight excluding hydrogens is 284 g/mol.